The summed E-state index contributed by atoms with van der Waals surface area (Å²) in [4.78, 5) is 0. The molecule has 0 aromatic rings. The molecule has 0 aromatic heterocycles. The number of methoxy groups -OCH3 is 1. The molecule has 2 aliphatic rings. The van der Waals surface area contributed by atoms with Crippen molar-refractivity contribution >= 4 is 0 Å². The highest BCUT2D eigenvalue weighted by molar-refractivity contribution is 4.87. The quantitative estimate of drug-likeness (QED) is 0.714. The number of ether oxygens (including phenoxy) is 1. The lowest BCUT2D eigenvalue weighted by molar-refractivity contribution is 0.118. The van der Waals surface area contributed by atoms with E-state index in [0.29, 0.717) is 24.5 Å². The molecule has 0 spiro atoms. The lowest BCUT2D eigenvalue weighted by Gasteiger charge is -2.32. The van der Waals surface area contributed by atoms with Crippen LogP contribution in [-0.2, 0) is 4.74 Å². The number of hydrogen-bond donors (Lipinski definition) is 2. The van der Waals surface area contributed by atoms with E-state index in [0.717, 1.165) is 19.1 Å². The summed E-state index contributed by atoms with van der Waals surface area (Å²) in [5.41, 5.74) is 0. The van der Waals surface area contributed by atoms with Crippen molar-refractivity contribution in [1.29, 1.82) is 0 Å². The van der Waals surface area contributed by atoms with Crippen LogP contribution in [0.4, 0.5) is 0 Å². The summed E-state index contributed by atoms with van der Waals surface area (Å²) in [7, 11) is 1.79. The lowest BCUT2D eigenvalue weighted by atomic mass is 9.79. The summed E-state index contributed by atoms with van der Waals surface area (Å²) in [6.07, 6.45) is 7.83. The van der Waals surface area contributed by atoms with E-state index in [1.165, 1.54) is 38.5 Å². The summed E-state index contributed by atoms with van der Waals surface area (Å²) in [5.74, 6) is 2.04. The molecule has 0 radical (unpaired) electrons. The molecule has 2 saturated carbocycles. The molecule has 0 amide bonds. The zero-order valence-corrected chi connectivity index (χ0v) is 11.0. The van der Waals surface area contributed by atoms with Crippen molar-refractivity contribution < 1.29 is 9.84 Å². The van der Waals surface area contributed by atoms with Gasteiger partial charge in [-0.25, -0.2) is 0 Å². The molecule has 2 aliphatic carbocycles. The molecule has 0 heterocycles. The van der Waals surface area contributed by atoms with Crippen molar-refractivity contribution in [2.45, 2.75) is 44.6 Å². The van der Waals surface area contributed by atoms with Gasteiger partial charge in [0.1, 0.15) is 0 Å². The van der Waals surface area contributed by atoms with Gasteiger partial charge in [0.05, 0.1) is 6.61 Å². The third kappa shape index (κ3) is 3.94. The normalized spacial score (nSPS) is 31.4. The van der Waals surface area contributed by atoms with Crippen molar-refractivity contribution in [2.75, 3.05) is 26.9 Å². The van der Waals surface area contributed by atoms with E-state index >= 15 is 0 Å². The van der Waals surface area contributed by atoms with Gasteiger partial charge in [0.25, 0.3) is 0 Å². The molecular formula is C14H27NO2. The molecule has 0 aliphatic heterocycles. The molecular weight excluding hydrogens is 214 g/mol. The molecule has 3 heteroatoms. The molecule has 3 unspecified atom stereocenters. The SMILES string of the molecule is COCC(NCC1CCCCC1CO)C1CC1. The Hall–Kier alpha value is -0.120. The van der Waals surface area contributed by atoms with Gasteiger partial charge < -0.3 is 15.2 Å². The Labute approximate surface area is 105 Å². The van der Waals surface area contributed by atoms with Crippen molar-refractivity contribution in [1.82, 2.24) is 5.32 Å². The predicted molar refractivity (Wildman–Crippen MR) is 68.9 cm³/mol. The van der Waals surface area contributed by atoms with Crippen LogP contribution in [-0.4, -0.2) is 38.0 Å². The van der Waals surface area contributed by atoms with E-state index in [-0.39, 0.29) is 0 Å². The van der Waals surface area contributed by atoms with Gasteiger partial charge in [-0.15, -0.1) is 0 Å². The summed E-state index contributed by atoms with van der Waals surface area (Å²) >= 11 is 0. The maximum absolute atomic E-state index is 9.40. The van der Waals surface area contributed by atoms with E-state index < -0.39 is 0 Å². The maximum Gasteiger partial charge on any atom is 0.0618 e. The second-order valence-electron chi connectivity index (χ2n) is 5.79. The fourth-order valence-corrected chi connectivity index (χ4v) is 3.14. The fourth-order valence-electron chi connectivity index (χ4n) is 3.14. The molecule has 3 nitrogen and oxygen atoms in total. The molecule has 0 saturated heterocycles. The van der Waals surface area contributed by atoms with Gasteiger partial charge in [-0.1, -0.05) is 12.8 Å². The Morgan fingerprint density at radius 3 is 2.47 bits per heavy atom. The third-order valence-corrected chi connectivity index (χ3v) is 4.48. The van der Waals surface area contributed by atoms with Crippen LogP contribution in [0.25, 0.3) is 0 Å². The molecule has 2 fully saturated rings. The topological polar surface area (TPSA) is 41.5 Å². The van der Waals surface area contributed by atoms with Gasteiger partial charge in [-0.2, -0.15) is 0 Å². The predicted octanol–water partition coefficient (Wildman–Crippen LogP) is 1.80. The molecule has 0 bridgehead atoms. The van der Waals surface area contributed by atoms with E-state index in [9.17, 15) is 5.11 Å². The van der Waals surface area contributed by atoms with Crippen LogP contribution < -0.4 is 5.32 Å². The van der Waals surface area contributed by atoms with Gasteiger partial charge in [-0.05, 0) is 50.0 Å². The monoisotopic (exact) mass is 241 g/mol. The summed E-state index contributed by atoms with van der Waals surface area (Å²) in [6, 6.07) is 0.543. The zero-order chi connectivity index (χ0) is 12.1. The fraction of sp³-hybridized carbons (Fsp3) is 1.00. The minimum absolute atomic E-state index is 0.366. The smallest absolute Gasteiger partial charge is 0.0618 e. The van der Waals surface area contributed by atoms with Gasteiger partial charge in [0.2, 0.25) is 0 Å². The number of aliphatic hydroxyl groups excluding tert-OH is 1. The van der Waals surface area contributed by atoms with Crippen LogP contribution in [0.5, 0.6) is 0 Å². The van der Waals surface area contributed by atoms with Crippen LogP contribution >= 0.6 is 0 Å². The molecule has 2 rings (SSSR count). The zero-order valence-electron chi connectivity index (χ0n) is 11.0. The van der Waals surface area contributed by atoms with Crippen molar-refractivity contribution in [3.63, 3.8) is 0 Å². The second kappa shape index (κ2) is 6.72. The summed E-state index contributed by atoms with van der Waals surface area (Å²) in [5, 5.41) is 13.1. The highest BCUT2D eigenvalue weighted by Gasteiger charge is 2.32. The Morgan fingerprint density at radius 2 is 1.88 bits per heavy atom. The van der Waals surface area contributed by atoms with Crippen molar-refractivity contribution in [3.8, 4) is 0 Å². The second-order valence-corrected chi connectivity index (χ2v) is 5.79. The van der Waals surface area contributed by atoms with Gasteiger partial charge in [-0.3, -0.25) is 0 Å². The maximum atomic E-state index is 9.40. The Kier molecular flexibility index (Phi) is 5.26. The first-order chi connectivity index (χ1) is 8.35. The van der Waals surface area contributed by atoms with Gasteiger partial charge in [0, 0.05) is 19.8 Å². The first kappa shape index (κ1) is 13.3. The van der Waals surface area contributed by atoms with Crippen LogP contribution in [0.2, 0.25) is 0 Å². The first-order valence-corrected chi connectivity index (χ1v) is 7.18. The van der Waals surface area contributed by atoms with Gasteiger partial charge in [0.15, 0.2) is 0 Å². The molecule has 0 aromatic carbocycles. The minimum Gasteiger partial charge on any atom is -0.396 e. The summed E-state index contributed by atoms with van der Waals surface area (Å²) < 4.78 is 5.29. The van der Waals surface area contributed by atoms with E-state index in [4.69, 9.17) is 4.74 Å². The van der Waals surface area contributed by atoms with Crippen molar-refractivity contribution in [2.24, 2.45) is 17.8 Å². The number of nitrogens with one attached hydrogen (secondary N) is 1. The lowest BCUT2D eigenvalue weighted by Crippen LogP contribution is -2.41. The molecule has 17 heavy (non-hydrogen) atoms. The standard InChI is InChI=1S/C14H27NO2/c1-17-10-14(11-6-7-11)15-8-12-4-2-3-5-13(12)9-16/h11-16H,2-10H2,1H3. The first-order valence-electron chi connectivity index (χ1n) is 7.18. The van der Waals surface area contributed by atoms with E-state index in [1.54, 1.807) is 7.11 Å². The Balaban J connectivity index is 1.74. The van der Waals surface area contributed by atoms with Crippen molar-refractivity contribution in [3.05, 3.63) is 0 Å². The molecule has 2 N–H and O–H groups in total. The van der Waals surface area contributed by atoms with Crippen LogP contribution in [0.3, 0.4) is 0 Å². The minimum atomic E-state index is 0.366. The Morgan fingerprint density at radius 1 is 1.18 bits per heavy atom. The number of rotatable bonds is 7. The van der Waals surface area contributed by atoms with E-state index in [1.807, 2.05) is 0 Å². The largest absolute Gasteiger partial charge is 0.396 e. The van der Waals surface area contributed by atoms with E-state index in [2.05, 4.69) is 5.32 Å². The third-order valence-electron chi connectivity index (χ3n) is 4.48. The average Bonchev–Trinajstić information content (AvgIpc) is 3.19. The molecule has 3 atom stereocenters. The van der Waals surface area contributed by atoms with Crippen LogP contribution in [0, 0.1) is 17.8 Å². The Bertz CT molecular complexity index is 218. The number of aliphatic hydroxyl groups is 1. The van der Waals surface area contributed by atoms with Gasteiger partial charge >= 0.3 is 0 Å². The van der Waals surface area contributed by atoms with Crippen LogP contribution in [0.15, 0.2) is 0 Å². The number of hydrogen-bond acceptors (Lipinski definition) is 3. The molecule has 100 valence electrons. The average molecular weight is 241 g/mol. The van der Waals surface area contributed by atoms with Crippen LogP contribution in [0.1, 0.15) is 38.5 Å². The summed E-state index contributed by atoms with van der Waals surface area (Å²) in [6.45, 7) is 2.27. The highest BCUT2D eigenvalue weighted by Crippen LogP contribution is 2.34. The highest BCUT2D eigenvalue weighted by atomic mass is 16.5.